The van der Waals surface area contributed by atoms with Crippen LogP contribution in [0.1, 0.15) is 61.1 Å². The molecule has 0 bridgehead atoms. The molecule has 3 aliphatic heterocycles. The molecule has 3 aliphatic rings. The number of fused-ring (bicyclic) bond motifs is 1. The van der Waals surface area contributed by atoms with E-state index in [9.17, 15) is 32.4 Å². The Balaban J connectivity index is 0.665. The summed E-state index contributed by atoms with van der Waals surface area (Å²) in [7, 11) is -3.71. The summed E-state index contributed by atoms with van der Waals surface area (Å²) in [6.45, 7) is 15.0. The van der Waals surface area contributed by atoms with Gasteiger partial charge in [0.1, 0.15) is 17.9 Å². The molecule has 23 nitrogen and oxygen atoms in total. The van der Waals surface area contributed by atoms with Crippen LogP contribution in [-0.4, -0.2) is 181 Å². The third kappa shape index (κ3) is 17.5. The molecule has 0 radical (unpaired) electrons. The lowest BCUT2D eigenvalue weighted by molar-refractivity contribution is -0.144. The minimum atomic E-state index is -3.71. The molecule has 24 heteroatoms. The maximum atomic E-state index is 13.5. The van der Waals surface area contributed by atoms with Crippen LogP contribution in [0.4, 0.5) is 28.8 Å². The first-order valence-electron chi connectivity index (χ1n) is 25.8. The standard InChI is InChI=1S/C53H71N11O12S/c1-37-35-56-52(60-48(37)57-39-8-7-9-41(34-39)77(70,71)61-53(2,3)4)58-38-12-14-40(15-13-38)63-22-20-62(21-23-63)36-46(66)54-18-24-72-26-28-74-30-32-76-33-31-75-29-27-73-25-19-55-47-42-10-5-6-11-43(42)50(68)64(51(47)69)44-16-17-45(65)59-49(44)67/h5-15,34-35,44,47,55,61H,16-33,36H2,1-4H3,(H,54,66)(H,59,65,67)(H2,56,57,58,60). The molecule has 2 atom stereocenters. The highest BCUT2D eigenvalue weighted by molar-refractivity contribution is 7.89. The lowest BCUT2D eigenvalue weighted by atomic mass is 9.91. The number of aryl methyl sites for hydroxylation is 1. The molecular weight excluding hydrogens is 1010 g/mol. The Morgan fingerprint density at radius 2 is 1.39 bits per heavy atom. The number of ether oxygens (including phenoxy) is 5. The van der Waals surface area contributed by atoms with Crippen molar-refractivity contribution in [3.05, 3.63) is 95.7 Å². The number of piperazine rings is 1. The topological polar surface area (TPSA) is 273 Å². The number of imide groups is 2. The fraction of sp³-hybridized carbons (Fsp3) is 0.491. The van der Waals surface area contributed by atoms with Crippen molar-refractivity contribution in [2.24, 2.45) is 0 Å². The summed E-state index contributed by atoms with van der Waals surface area (Å²) < 4.78 is 56.5. The number of hydrogen-bond acceptors (Lipinski definition) is 19. The van der Waals surface area contributed by atoms with Crippen molar-refractivity contribution in [3.63, 3.8) is 0 Å². The van der Waals surface area contributed by atoms with Gasteiger partial charge in [0, 0.05) is 85.6 Å². The molecule has 4 heterocycles. The minimum absolute atomic E-state index is 0.0444. The minimum Gasteiger partial charge on any atom is -0.378 e. The molecule has 2 unspecified atom stereocenters. The van der Waals surface area contributed by atoms with Crippen LogP contribution in [0.5, 0.6) is 0 Å². The Labute approximate surface area is 449 Å². The number of nitrogens with one attached hydrogen (secondary N) is 6. The van der Waals surface area contributed by atoms with Gasteiger partial charge in [0.2, 0.25) is 33.7 Å². The summed E-state index contributed by atoms with van der Waals surface area (Å²) in [5, 5.41) is 14.8. The maximum absolute atomic E-state index is 13.5. The third-order valence-electron chi connectivity index (χ3n) is 12.4. The summed E-state index contributed by atoms with van der Waals surface area (Å²) in [5.74, 6) is -1.31. The molecule has 2 saturated heterocycles. The number of sulfonamides is 1. The van der Waals surface area contributed by atoms with Crippen LogP contribution in [-0.2, 0) is 52.9 Å². The van der Waals surface area contributed by atoms with Crippen LogP contribution >= 0.6 is 0 Å². The lowest BCUT2D eigenvalue weighted by Crippen LogP contribution is -2.60. The van der Waals surface area contributed by atoms with E-state index in [1.54, 1.807) is 75.5 Å². The van der Waals surface area contributed by atoms with Crippen LogP contribution in [0.3, 0.4) is 0 Å². The van der Waals surface area contributed by atoms with Crippen LogP contribution in [0.25, 0.3) is 0 Å². The van der Waals surface area contributed by atoms with E-state index in [0.29, 0.717) is 108 Å². The molecule has 6 N–H and O–H groups in total. The van der Waals surface area contributed by atoms with Crippen molar-refractivity contribution in [3.8, 4) is 0 Å². The second-order valence-corrected chi connectivity index (χ2v) is 21.2. The number of rotatable bonds is 29. The molecule has 1 aromatic heterocycles. The van der Waals surface area contributed by atoms with Crippen molar-refractivity contribution >= 4 is 68.4 Å². The van der Waals surface area contributed by atoms with Gasteiger partial charge in [-0.15, -0.1) is 0 Å². The molecule has 7 rings (SSSR count). The number of amides is 5. The molecule has 5 amide bonds. The monoisotopic (exact) mass is 1090 g/mol. The van der Waals surface area contributed by atoms with Gasteiger partial charge in [-0.3, -0.25) is 44.4 Å². The van der Waals surface area contributed by atoms with Gasteiger partial charge < -0.3 is 44.5 Å². The van der Waals surface area contributed by atoms with E-state index >= 15 is 0 Å². The zero-order chi connectivity index (χ0) is 54.8. The number of nitrogens with zero attached hydrogens (tertiary/aromatic N) is 5. The second-order valence-electron chi connectivity index (χ2n) is 19.5. The zero-order valence-electron chi connectivity index (χ0n) is 44.1. The fourth-order valence-corrected chi connectivity index (χ4v) is 10.1. The highest BCUT2D eigenvalue weighted by Crippen LogP contribution is 2.31. The zero-order valence-corrected chi connectivity index (χ0v) is 45.0. The summed E-state index contributed by atoms with van der Waals surface area (Å²) in [6.07, 6.45) is 1.82. The van der Waals surface area contributed by atoms with Crippen molar-refractivity contribution in [1.82, 2.24) is 40.4 Å². The largest absolute Gasteiger partial charge is 0.378 e. The highest BCUT2D eigenvalue weighted by Gasteiger charge is 2.45. The molecule has 0 spiro atoms. The predicted molar refractivity (Wildman–Crippen MR) is 287 cm³/mol. The average Bonchev–Trinajstić information content (AvgIpc) is 3.40. The predicted octanol–water partition coefficient (Wildman–Crippen LogP) is 2.79. The van der Waals surface area contributed by atoms with E-state index in [0.717, 1.165) is 48.0 Å². The highest BCUT2D eigenvalue weighted by atomic mass is 32.2. The molecule has 0 saturated carbocycles. The maximum Gasteiger partial charge on any atom is 0.261 e. The van der Waals surface area contributed by atoms with Gasteiger partial charge >= 0.3 is 0 Å². The molecule has 4 aromatic rings. The lowest BCUT2D eigenvalue weighted by Gasteiger charge is -2.38. The number of carbonyl (C=O) groups excluding carboxylic acids is 5. The summed E-state index contributed by atoms with van der Waals surface area (Å²) >= 11 is 0. The third-order valence-corrected chi connectivity index (χ3v) is 14.2. The fourth-order valence-electron chi connectivity index (χ4n) is 8.66. The van der Waals surface area contributed by atoms with Gasteiger partial charge in [-0.05, 0) is 88.2 Å². The van der Waals surface area contributed by atoms with Crippen LogP contribution in [0, 0.1) is 6.92 Å². The number of benzene rings is 3. The van der Waals surface area contributed by atoms with Crippen molar-refractivity contribution in [2.45, 2.75) is 63.1 Å². The van der Waals surface area contributed by atoms with Crippen molar-refractivity contribution < 1.29 is 56.1 Å². The number of carbonyl (C=O) groups is 5. The Hall–Kier alpha value is -6.48. The van der Waals surface area contributed by atoms with Crippen LogP contribution in [0.15, 0.2) is 83.9 Å². The van der Waals surface area contributed by atoms with E-state index in [2.05, 4.69) is 51.1 Å². The van der Waals surface area contributed by atoms with Crippen LogP contribution < -0.4 is 36.2 Å². The smallest absolute Gasteiger partial charge is 0.261 e. The molecular formula is C53H71N11O12S. The Morgan fingerprint density at radius 3 is 2.04 bits per heavy atom. The molecule has 416 valence electrons. The first-order chi connectivity index (χ1) is 37.0. The molecule has 0 aliphatic carbocycles. The summed E-state index contributed by atoms with van der Waals surface area (Å²) in [6, 6.07) is 19.5. The van der Waals surface area contributed by atoms with E-state index in [4.69, 9.17) is 23.7 Å². The van der Waals surface area contributed by atoms with Gasteiger partial charge in [-0.25, -0.2) is 18.1 Å². The molecule has 2 fully saturated rings. The first kappa shape index (κ1) is 58.2. The van der Waals surface area contributed by atoms with Crippen molar-refractivity contribution in [1.29, 1.82) is 0 Å². The van der Waals surface area contributed by atoms with Gasteiger partial charge in [0.25, 0.3) is 11.8 Å². The number of anilines is 5. The molecule has 3 aromatic carbocycles. The Bertz CT molecular complexity index is 2760. The van der Waals surface area contributed by atoms with Gasteiger partial charge in [-0.2, -0.15) is 4.98 Å². The summed E-state index contributed by atoms with van der Waals surface area (Å²) in [4.78, 5) is 78.2. The normalized spacial score (nSPS) is 17.3. The Morgan fingerprint density at radius 1 is 0.753 bits per heavy atom. The number of aromatic nitrogens is 2. The van der Waals surface area contributed by atoms with Gasteiger partial charge in [-0.1, -0.05) is 24.3 Å². The molecule has 77 heavy (non-hydrogen) atoms. The van der Waals surface area contributed by atoms with E-state index in [-0.39, 0.29) is 30.3 Å². The van der Waals surface area contributed by atoms with E-state index < -0.39 is 51.3 Å². The second kappa shape index (κ2) is 28.2. The average molecular weight is 1090 g/mol. The first-order valence-corrected chi connectivity index (χ1v) is 27.3. The van der Waals surface area contributed by atoms with Crippen molar-refractivity contribution in [2.75, 3.05) is 127 Å². The quantitative estimate of drug-likeness (QED) is 0.0337. The SMILES string of the molecule is Cc1cnc(Nc2ccc(N3CCN(CC(=O)NCCOCCOCCOCCOCCOCCNC4C(=O)N(C5CCC(=O)NC5=O)C(=O)c5ccccc54)CC3)cc2)nc1Nc1cccc(S(=O)(=O)NC(C)(C)C)c1. The van der Waals surface area contributed by atoms with Gasteiger partial charge in [0.15, 0.2) is 0 Å². The van der Waals surface area contributed by atoms with E-state index in [1.165, 1.54) is 0 Å². The van der Waals surface area contributed by atoms with Crippen LogP contribution in [0.2, 0.25) is 0 Å². The number of piperidine rings is 1. The van der Waals surface area contributed by atoms with Gasteiger partial charge in [0.05, 0.1) is 77.5 Å². The Kier molecular flexibility index (Phi) is 21.3. The van der Waals surface area contributed by atoms with E-state index in [1.807, 2.05) is 31.2 Å². The summed E-state index contributed by atoms with van der Waals surface area (Å²) in [5.41, 5.74) is 3.48. The number of hydrogen-bond donors (Lipinski definition) is 6.